The largest absolute Gasteiger partial charge is 0.391 e. The molecule has 0 spiro atoms. The van der Waals surface area contributed by atoms with Crippen LogP contribution in [0.15, 0.2) is 18.2 Å². The Bertz CT molecular complexity index is 667. The molecule has 150 valence electrons. The fourth-order valence-corrected chi connectivity index (χ4v) is 3.89. The van der Waals surface area contributed by atoms with Gasteiger partial charge in [-0.3, -0.25) is 10.1 Å². The van der Waals surface area contributed by atoms with Crippen molar-refractivity contribution in [2.45, 2.75) is 56.9 Å². The molecule has 0 amide bonds. The molecule has 9 heteroatoms. The first-order valence-corrected chi connectivity index (χ1v) is 9.24. The van der Waals surface area contributed by atoms with Crippen molar-refractivity contribution in [3.8, 4) is 0 Å². The Hall–Kier alpha value is -2.06. The van der Waals surface area contributed by atoms with Gasteiger partial charge in [0.05, 0.1) is 10.8 Å². The summed E-state index contributed by atoms with van der Waals surface area (Å²) in [6.45, 7) is 1.07. The SMILES string of the molecule is O=[N+]([O-])c1ccc(N2CCC(F)CC2)cc1NC1CCC(C(F)(F)F)CC1. The van der Waals surface area contributed by atoms with Crippen LogP contribution in [0.2, 0.25) is 0 Å². The molecule has 1 aromatic rings. The van der Waals surface area contributed by atoms with Gasteiger partial charge in [0, 0.05) is 30.9 Å². The van der Waals surface area contributed by atoms with Crippen LogP contribution in [-0.2, 0) is 0 Å². The van der Waals surface area contributed by atoms with Crippen molar-refractivity contribution in [2.75, 3.05) is 23.3 Å². The van der Waals surface area contributed by atoms with Crippen molar-refractivity contribution in [3.05, 3.63) is 28.3 Å². The monoisotopic (exact) mass is 389 g/mol. The number of alkyl halides is 4. The van der Waals surface area contributed by atoms with E-state index >= 15 is 0 Å². The predicted octanol–water partition coefficient (Wildman–Crippen LogP) is 5.07. The fraction of sp³-hybridized carbons (Fsp3) is 0.667. The Morgan fingerprint density at radius 3 is 2.26 bits per heavy atom. The number of nitro groups is 1. The average molecular weight is 389 g/mol. The van der Waals surface area contributed by atoms with E-state index in [1.807, 2.05) is 4.90 Å². The molecule has 0 atom stereocenters. The minimum Gasteiger partial charge on any atom is -0.377 e. The van der Waals surface area contributed by atoms with Crippen LogP contribution in [0.4, 0.5) is 34.6 Å². The van der Waals surface area contributed by atoms with Crippen molar-refractivity contribution in [1.82, 2.24) is 0 Å². The third kappa shape index (κ3) is 4.81. The Morgan fingerprint density at radius 2 is 1.70 bits per heavy atom. The summed E-state index contributed by atoms with van der Waals surface area (Å²) in [4.78, 5) is 12.8. The zero-order valence-electron chi connectivity index (χ0n) is 14.8. The highest BCUT2D eigenvalue weighted by Gasteiger charge is 2.41. The summed E-state index contributed by atoms with van der Waals surface area (Å²) in [5.74, 6) is -1.29. The Labute approximate surface area is 154 Å². The van der Waals surface area contributed by atoms with E-state index in [1.54, 1.807) is 12.1 Å². The summed E-state index contributed by atoms with van der Waals surface area (Å²) in [5.41, 5.74) is 0.978. The van der Waals surface area contributed by atoms with Gasteiger partial charge in [0.1, 0.15) is 11.9 Å². The molecule has 1 aromatic carbocycles. The van der Waals surface area contributed by atoms with Crippen LogP contribution < -0.4 is 10.2 Å². The summed E-state index contributed by atoms with van der Waals surface area (Å²) in [7, 11) is 0. The number of nitrogens with one attached hydrogen (secondary N) is 1. The normalized spacial score (nSPS) is 24.7. The van der Waals surface area contributed by atoms with E-state index in [2.05, 4.69) is 5.32 Å². The molecule has 0 bridgehead atoms. The van der Waals surface area contributed by atoms with Gasteiger partial charge in [-0.25, -0.2) is 4.39 Å². The number of hydrogen-bond acceptors (Lipinski definition) is 4. The number of piperidine rings is 1. The molecule has 1 saturated carbocycles. The highest BCUT2D eigenvalue weighted by molar-refractivity contribution is 5.69. The zero-order valence-corrected chi connectivity index (χ0v) is 14.8. The molecule has 1 heterocycles. The smallest absolute Gasteiger partial charge is 0.377 e. The minimum atomic E-state index is -4.18. The molecule has 0 aromatic heterocycles. The van der Waals surface area contributed by atoms with Crippen molar-refractivity contribution >= 4 is 17.1 Å². The van der Waals surface area contributed by atoms with Crippen LogP contribution >= 0.6 is 0 Å². The third-order valence-electron chi connectivity index (χ3n) is 5.52. The summed E-state index contributed by atoms with van der Waals surface area (Å²) in [6.07, 6.45) is -3.47. The van der Waals surface area contributed by atoms with E-state index in [1.165, 1.54) is 6.07 Å². The van der Waals surface area contributed by atoms with E-state index in [0.717, 1.165) is 5.69 Å². The van der Waals surface area contributed by atoms with E-state index in [4.69, 9.17) is 0 Å². The highest BCUT2D eigenvalue weighted by atomic mass is 19.4. The van der Waals surface area contributed by atoms with E-state index in [9.17, 15) is 27.7 Å². The Balaban J connectivity index is 1.71. The van der Waals surface area contributed by atoms with E-state index in [0.29, 0.717) is 44.5 Å². The van der Waals surface area contributed by atoms with Gasteiger partial charge >= 0.3 is 6.18 Å². The lowest BCUT2D eigenvalue weighted by Crippen LogP contribution is -2.34. The lowest BCUT2D eigenvalue weighted by molar-refractivity contribution is -0.384. The number of benzene rings is 1. The quantitative estimate of drug-likeness (QED) is 0.444. The molecule has 1 aliphatic carbocycles. The number of rotatable bonds is 4. The van der Waals surface area contributed by atoms with Gasteiger partial charge in [0.2, 0.25) is 0 Å². The topological polar surface area (TPSA) is 58.4 Å². The van der Waals surface area contributed by atoms with Gasteiger partial charge in [-0.1, -0.05) is 0 Å². The first kappa shape index (κ1) is 19.7. The van der Waals surface area contributed by atoms with Crippen LogP contribution in [0, 0.1) is 16.0 Å². The van der Waals surface area contributed by atoms with Gasteiger partial charge in [0.25, 0.3) is 5.69 Å². The molecule has 1 N–H and O–H groups in total. The molecule has 27 heavy (non-hydrogen) atoms. The Kier molecular flexibility index (Phi) is 5.76. The second kappa shape index (κ2) is 7.90. The van der Waals surface area contributed by atoms with Crippen LogP contribution in [0.25, 0.3) is 0 Å². The van der Waals surface area contributed by atoms with Crippen molar-refractivity contribution < 1.29 is 22.5 Å². The molecule has 0 radical (unpaired) electrons. The molecule has 1 aliphatic heterocycles. The van der Waals surface area contributed by atoms with Crippen LogP contribution in [0.5, 0.6) is 0 Å². The lowest BCUT2D eigenvalue weighted by Gasteiger charge is -2.32. The molecule has 2 aliphatic rings. The van der Waals surface area contributed by atoms with Gasteiger partial charge in [-0.15, -0.1) is 0 Å². The second-order valence-corrected chi connectivity index (χ2v) is 7.35. The summed E-state index contributed by atoms with van der Waals surface area (Å²) in [5, 5.41) is 14.4. The van der Waals surface area contributed by atoms with Crippen molar-refractivity contribution in [2.24, 2.45) is 5.92 Å². The van der Waals surface area contributed by atoms with E-state index in [-0.39, 0.29) is 24.6 Å². The zero-order chi connectivity index (χ0) is 19.6. The molecular formula is C18H23F4N3O2. The molecule has 0 unspecified atom stereocenters. The summed E-state index contributed by atoms with van der Waals surface area (Å²) < 4.78 is 51.8. The van der Waals surface area contributed by atoms with Crippen LogP contribution in [-0.4, -0.2) is 36.4 Å². The first-order valence-electron chi connectivity index (χ1n) is 9.24. The van der Waals surface area contributed by atoms with Crippen LogP contribution in [0.1, 0.15) is 38.5 Å². The maximum Gasteiger partial charge on any atom is 0.391 e. The molecule has 2 fully saturated rings. The molecule has 3 rings (SSSR count). The van der Waals surface area contributed by atoms with Crippen LogP contribution in [0.3, 0.4) is 0 Å². The predicted molar refractivity (Wildman–Crippen MR) is 94.9 cm³/mol. The standard InChI is InChI=1S/C18H23F4N3O2/c19-13-7-9-24(10-8-13)15-5-6-17(25(26)27)16(11-15)23-14-3-1-12(2-4-14)18(20,21)22/h5-6,11-14,23H,1-4,7-10H2. The number of nitrogens with zero attached hydrogens (tertiary/aromatic N) is 2. The van der Waals surface area contributed by atoms with Gasteiger partial charge < -0.3 is 10.2 Å². The lowest BCUT2D eigenvalue weighted by atomic mass is 9.85. The molecular weight excluding hydrogens is 366 g/mol. The number of hydrogen-bond donors (Lipinski definition) is 1. The van der Waals surface area contributed by atoms with Gasteiger partial charge in [-0.2, -0.15) is 13.2 Å². The third-order valence-corrected chi connectivity index (χ3v) is 5.52. The average Bonchev–Trinajstić information content (AvgIpc) is 2.62. The molecule has 1 saturated heterocycles. The fourth-order valence-electron chi connectivity index (χ4n) is 3.89. The number of halogens is 4. The maximum atomic E-state index is 13.3. The molecule has 5 nitrogen and oxygen atoms in total. The number of nitro benzene ring substituents is 1. The minimum absolute atomic E-state index is 0.0265. The maximum absolute atomic E-state index is 13.3. The Morgan fingerprint density at radius 1 is 1.07 bits per heavy atom. The second-order valence-electron chi connectivity index (χ2n) is 7.35. The van der Waals surface area contributed by atoms with Crippen molar-refractivity contribution in [1.29, 1.82) is 0 Å². The highest BCUT2D eigenvalue weighted by Crippen LogP contribution is 2.39. The number of anilines is 2. The van der Waals surface area contributed by atoms with Crippen molar-refractivity contribution in [3.63, 3.8) is 0 Å². The van der Waals surface area contributed by atoms with Gasteiger partial charge in [-0.05, 0) is 50.7 Å². The van der Waals surface area contributed by atoms with Gasteiger partial charge in [0.15, 0.2) is 0 Å². The summed E-state index contributed by atoms with van der Waals surface area (Å²) >= 11 is 0. The van der Waals surface area contributed by atoms with E-state index < -0.39 is 23.2 Å². The first-order chi connectivity index (χ1) is 12.7. The summed E-state index contributed by atoms with van der Waals surface area (Å²) in [6, 6.07) is 4.48.